The molecule has 2 unspecified atom stereocenters. The third-order valence-electron chi connectivity index (χ3n) is 5.55. The topological polar surface area (TPSA) is 0 Å². The van der Waals surface area contributed by atoms with Crippen molar-refractivity contribution in [3.63, 3.8) is 0 Å². The second kappa shape index (κ2) is 6.19. The molecule has 0 amide bonds. The first-order chi connectivity index (χ1) is 12.1. The lowest BCUT2D eigenvalue weighted by atomic mass is 9.86. The molecule has 1 aliphatic carbocycles. The van der Waals surface area contributed by atoms with Crippen molar-refractivity contribution in [1.82, 2.24) is 0 Å². The second-order valence-electron chi connectivity index (χ2n) is 8.27. The zero-order chi connectivity index (χ0) is 17.4. The van der Waals surface area contributed by atoms with Gasteiger partial charge in [0.25, 0.3) is 0 Å². The van der Waals surface area contributed by atoms with Crippen LogP contribution < -0.4 is 0 Å². The minimum absolute atomic E-state index is 0.208. The number of rotatable bonds is 3. The first kappa shape index (κ1) is 16.1. The van der Waals surface area contributed by atoms with Gasteiger partial charge in [-0.15, -0.1) is 0 Å². The fourth-order valence-corrected chi connectivity index (χ4v) is 4.11. The standard InChI is InChI=1S/C25H26/c1-25(2,3)21-16-14-20(15-17-21)24-22(18-10-6-4-7-11-18)23(24)19-12-8-5-9-13-19/h4-17,22-24H,1-3H3. The predicted molar refractivity (Wildman–Crippen MR) is 106 cm³/mol. The molecule has 0 aromatic heterocycles. The van der Waals surface area contributed by atoms with Gasteiger partial charge in [-0.2, -0.15) is 0 Å². The monoisotopic (exact) mass is 326 g/mol. The summed E-state index contributed by atoms with van der Waals surface area (Å²) in [4.78, 5) is 0. The van der Waals surface area contributed by atoms with Crippen LogP contribution in [-0.4, -0.2) is 0 Å². The average Bonchev–Trinajstić information content (AvgIpc) is 3.38. The third-order valence-corrected chi connectivity index (χ3v) is 5.55. The maximum atomic E-state index is 2.35. The first-order valence-corrected chi connectivity index (χ1v) is 9.26. The van der Waals surface area contributed by atoms with Crippen LogP contribution in [0.25, 0.3) is 0 Å². The average molecular weight is 326 g/mol. The van der Waals surface area contributed by atoms with Crippen molar-refractivity contribution in [2.75, 3.05) is 0 Å². The van der Waals surface area contributed by atoms with E-state index in [9.17, 15) is 0 Å². The van der Waals surface area contributed by atoms with Crippen molar-refractivity contribution < 1.29 is 0 Å². The van der Waals surface area contributed by atoms with Crippen molar-refractivity contribution in [1.29, 1.82) is 0 Å². The summed E-state index contributed by atoms with van der Waals surface area (Å²) in [5.41, 5.74) is 6.00. The highest BCUT2D eigenvalue weighted by Gasteiger charge is 2.52. The van der Waals surface area contributed by atoms with Gasteiger partial charge in [0.15, 0.2) is 0 Å². The molecule has 0 heterocycles. The molecule has 1 saturated carbocycles. The fraction of sp³-hybridized carbons (Fsp3) is 0.280. The summed E-state index contributed by atoms with van der Waals surface area (Å²) in [6, 6.07) is 31.3. The Balaban J connectivity index is 1.69. The molecule has 4 rings (SSSR count). The Hall–Kier alpha value is -2.34. The highest BCUT2D eigenvalue weighted by molar-refractivity contribution is 5.48. The minimum Gasteiger partial charge on any atom is -0.0622 e. The van der Waals surface area contributed by atoms with E-state index in [4.69, 9.17) is 0 Å². The van der Waals surface area contributed by atoms with Crippen LogP contribution in [0.3, 0.4) is 0 Å². The van der Waals surface area contributed by atoms with E-state index in [1.54, 1.807) is 0 Å². The summed E-state index contributed by atoms with van der Waals surface area (Å²) in [7, 11) is 0. The van der Waals surface area contributed by atoms with Crippen LogP contribution in [-0.2, 0) is 5.41 Å². The van der Waals surface area contributed by atoms with E-state index in [0.717, 1.165) is 0 Å². The summed E-state index contributed by atoms with van der Waals surface area (Å²) in [6.45, 7) is 6.83. The van der Waals surface area contributed by atoms with E-state index in [1.807, 2.05) is 0 Å². The molecule has 2 atom stereocenters. The Morgan fingerprint density at radius 3 is 1.20 bits per heavy atom. The lowest BCUT2D eigenvalue weighted by Gasteiger charge is -2.19. The van der Waals surface area contributed by atoms with Crippen molar-refractivity contribution >= 4 is 0 Å². The van der Waals surface area contributed by atoms with Gasteiger partial charge >= 0.3 is 0 Å². The van der Waals surface area contributed by atoms with E-state index in [0.29, 0.717) is 17.8 Å². The second-order valence-corrected chi connectivity index (χ2v) is 8.27. The Morgan fingerprint density at radius 2 is 0.840 bits per heavy atom. The zero-order valence-electron chi connectivity index (χ0n) is 15.3. The van der Waals surface area contributed by atoms with Gasteiger partial charge in [0.1, 0.15) is 0 Å². The van der Waals surface area contributed by atoms with Crippen LogP contribution in [0.1, 0.15) is 60.8 Å². The molecular weight excluding hydrogens is 300 g/mol. The summed E-state index contributed by atoms with van der Waals surface area (Å²) in [6.07, 6.45) is 0. The van der Waals surface area contributed by atoms with Gasteiger partial charge in [-0.05, 0) is 45.4 Å². The predicted octanol–water partition coefficient (Wildman–Crippen LogP) is 6.65. The molecule has 3 aromatic carbocycles. The highest BCUT2D eigenvalue weighted by Crippen LogP contribution is 2.66. The zero-order valence-corrected chi connectivity index (χ0v) is 15.3. The fourth-order valence-electron chi connectivity index (χ4n) is 4.11. The smallest absolute Gasteiger partial charge is 0.00120 e. The van der Waals surface area contributed by atoms with E-state index in [-0.39, 0.29) is 5.41 Å². The molecule has 0 aliphatic heterocycles. The summed E-state index contributed by atoms with van der Waals surface area (Å²) >= 11 is 0. The molecule has 0 saturated heterocycles. The third kappa shape index (κ3) is 3.14. The van der Waals surface area contributed by atoms with E-state index >= 15 is 0 Å². The summed E-state index contributed by atoms with van der Waals surface area (Å²) < 4.78 is 0. The number of hydrogen-bond acceptors (Lipinski definition) is 0. The Labute approximate surface area is 151 Å². The first-order valence-electron chi connectivity index (χ1n) is 9.26. The summed E-state index contributed by atoms with van der Waals surface area (Å²) in [5, 5.41) is 0. The van der Waals surface area contributed by atoms with Gasteiger partial charge in [0, 0.05) is 0 Å². The Bertz CT molecular complexity index is 777. The lowest BCUT2D eigenvalue weighted by Crippen LogP contribution is -2.10. The molecular formula is C25H26. The molecule has 0 radical (unpaired) electrons. The normalized spacial score (nSPS) is 22.6. The van der Waals surface area contributed by atoms with Crippen molar-refractivity contribution in [3.8, 4) is 0 Å². The van der Waals surface area contributed by atoms with E-state index < -0.39 is 0 Å². The van der Waals surface area contributed by atoms with Crippen molar-refractivity contribution in [2.45, 2.75) is 43.9 Å². The molecule has 0 spiro atoms. The molecule has 0 nitrogen and oxygen atoms in total. The van der Waals surface area contributed by atoms with Gasteiger partial charge in [0.2, 0.25) is 0 Å². The maximum Gasteiger partial charge on any atom is -0.00120 e. The van der Waals surface area contributed by atoms with Gasteiger partial charge < -0.3 is 0 Å². The van der Waals surface area contributed by atoms with E-state index in [2.05, 4.69) is 106 Å². The number of benzene rings is 3. The Morgan fingerprint density at radius 1 is 0.480 bits per heavy atom. The lowest BCUT2D eigenvalue weighted by molar-refractivity contribution is 0.590. The molecule has 0 N–H and O–H groups in total. The molecule has 126 valence electrons. The van der Waals surface area contributed by atoms with Gasteiger partial charge in [-0.1, -0.05) is 106 Å². The Kier molecular flexibility index (Phi) is 4.00. The molecule has 0 bridgehead atoms. The highest BCUT2D eigenvalue weighted by atomic mass is 14.5. The van der Waals surface area contributed by atoms with E-state index in [1.165, 1.54) is 22.3 Å². The molecule has 1 aliphatic rings. The van der Waals surface area contributed by atoms with Crippen LogP contribution in [0.2, 0.25) is 0 Å². The summed E-state index contributed by atoms with van der Waals surface area (Å²) in [5.74, 6) is 1.76. The minimum atomic E-state index is 0.208. The number of hydrogen-bond donors (Lipinski definition) is 0. The van der Waals surface area contributed by atoms with Gasteiger partial charge in [-0.25, -0.2) is 0 Å². The molecule has 3 aromatic rings. The molecule has 0 heteroatoms. The van der Waals surface area contributed by atoms with Crippen LogP contribution in [0.4, 0.5) is 0 Å². The van der Waals surface area contributed by atoms with Crippen LogP contribution >= 0.6 is 0 Å². The van der Waals surface area contributed by atoms with Crippen LogP contribution in [0.5, 0.6) is 0 Å². The van der Waals surface area contributed by atoms with Gasteiger partial charge in [-0.3, -0.25) is 0 Å². The van der Waals surface area contributed by atoms with Crippen LogP contribution in [0, 0.1) is 0 Å². The van der Waals surface area contributed by atoms with Gasteiger partial charge in [0.05, 0.1) is 0 Å². The molecule has 25 heavy (non-hydrogen) atoms. The van der Waals surface area contributed by atoms with Crippen molar-refractivity contribution in [3.05, 3.63) is 107 Å². The quantitative estimate of drug-likeness (QED) is 0.505. The molecule has 1 fully saturated rings. The van der Waals surface area contributed by atoms with Crippen LogP contribution in [0.15, 0.2) is 84.9 Å². The SMILES string of the molecule is CC(C)(C)c1ccc(C2C(c3ccccc3)C2c2ccccc2)cc1. The largest absolute Gasteiger partial charge is 0.0622 e. The maximum absolute atomic E-state index is 2.35. The van der Waals surface area contributed by atoms with Crippen molar-refractivity contribution in [2.24, 2.45) is 0 Å².